The third-order valence-corrected chi connectivity index (χ3v) is 4.64. The molecule has 1 aliphatic heterocycles. The molecule has 2 heterocycles. The van der Waals surface area contributed by atoms with Gasteiger partial charge in [-0.3, -0.25) is 0 Å². The Labute approximate surface area is 128 Å². The van der Waals surface area contributed by atoms with Crippen molar-refractivity contribution in [3.63, 3.8) is 0 Å². The van der Waals surface area contributed by atoms with E-state index in [0.29, 0.717) is 45.2 Å². The van der Waals surface area contributed by atoms with Crippen LogP contribution in [0.15, 0.2) is 0 Å². The molecule has 0 aromatic carbocycles. The van der Waals surface area contributed by atoms with Crippen molar-refractivity contribution < 1.29 is 13.5 Å². The number of anilines is 1. The van der Waals surface area contributed by atoms with E-state index >= 15 is 0 Å². The van der Waals surface area contributed by atoms with Crippen LogP contribution in [0.2, 0.25) is 0 Å². The molecule has 0 N–H and O–H groups in total. The van der Waals surface area contributed by atoms with Crippen LogP contribution in [0.5, 0.6) is 0 Å². The lowest BCUT2D eigenvalue weighted by Gasteiger charge is -2.25. The third kappa shape index (κ3) is 2.68. The first-order valence-corrected chi connectivity index (χ1v) is 7.75. The molecule has 3 rings (SSSR count). The van der Waals surface area contributed by atoms with Gasteiger partial charge in [0.1, 0.15) is 0 Å². The van der Waals surface area contributed by atoms with Gasteiger partial charge in [-0.1, -0.05) is 18.9 Å². The minimum Gasteiger partial charge on any atom is -0.381 e. The molecule has 0 bridgehead atoms. The van der Waals surface area contributed by atoms with Crippen molar-refractivity contribution in [1.29, 1.82) is 0 Å². The molecule has 0 amide bonds. The van der Waals surface area contributed by atoms with Gasteiger partial charge in [0.25, 0.3) is 5.92 Å². The first-order chi connectivity index (χ1) is 10.3. The maximum Gasteiger partial charge on any atom is 0.256 e. The van der Waals surface area contributed by atoms with Crippen LogP contribution in [0.25, 0.3) is 0 Å². The molecule has 1 saturated carbocycles. The average molecular weight is 315 g/mol. The summed E-state index contributed by atoms with van der Waals surface area (Å²) in [6.07, 6.45) is 0.503. The van der Waals surface area contributed by atoms with Gasteiger partial charge >= 0.3 is 0 Å². The molecule has 2 fully saturated rings. The molecule has 6 nitrogen and oxygen atoms in total. The summed E-state index contributed by atoms with van der Waals surface area (Å²) in [6.45, 7) is 8.89. The summed E-state index contributed by atoms with van der Waals surface area (Å²) < 4.78 is 34.2. The Balaban J connectivity index is 1.68. The number of alkyl halides is 2. The maximum atomic E-state index is 13.5. The summed E-state index contributed by atoms with van der Waals surface area (Å²) in [7, 11) is 0. The normalized spacial score (nSPS) is 26.9. The van der Waals surface area contributed by atoms with Crippen molar-refractivity contribution in [3.8, 4) is 0 Å². The largest absolute Gasteiger partial charge is 0.381 e. The van der Waals surface area contributed by atoms with Crippen LogP contribution < -0.4 is 4.90 Å². The highest BCUT2D eigenvalue weighted by Crippen LogP contribution is 2.65. The van der Waals surface area contributed by atoms with Crippen molar-refractivity contribution in [1.82, 2.24) is 20.2 Å². The smallest absolute Gasteiger partial charge is 0.256 e. The predicted molar refractivity (Wildman–Crippen MR) is 76.9 cm³/mol. The highest BCUT2D eigenvalue weighted by molar-refractivity contribution is 5.35. The zero-order valence-corrected chi connectivity index (χ0v) is 13.3. The summed E-state index contributed by atoms with van der Waals surface area (Å²) in [5, 5.41) is 11.8. The summed E-state index contributed by atoms with van der Waals surface area (Å²) >= 11 is 0. The Morgan fingerprint density at radius 1 is 1.36 bits per heavy atom. The standard InChI is InChI=1S/C14H23F2N5O/c1-4-22-10-12(2,3)8-21-11(17-18-19-21)20-6-5-13(9-20)7-14(13,15)16/h4-10H2,1-3H3. The molecule has 1 unspecified atom stereocenters. The first kappa shape index (κ1) is 15.6. The predicted octanol–water partition coefficient (Wildman–Crippen LogP) is 1.97. The summed E-state index contributed by atoms with van der Waals surface area (Å²) in [4.78, 5) is 1.89. The Kier molecular flexibility index (Phi) is 3.62. The molecule has 22 heavy (non-hydrogen) atoms. The zero-order valence-electron chi connectivity index (χ0n) is 13.3. The van der Waals surface area contributed by atoms with Crippen LogP contribution in [0.4, 0.5) is 14.7 Å². The van der Waals surface area contributed by atoms with Crippen molar-refractivity contribution in [2.24, 2.45) is 10.8 Å². The van der Waals surface area contributed by atoms with Gasteiger partial charge in [-0.15, -0.1) is 0 Å². The van der Waals surface area contributed by atoms with E-state index in [1.807, 2.05) is 11.8 Å². The average Bonchev–Trinajstić information content (AvgIpc) is 2.81. The molecule has 1 saturated heterocycles. The van der Waals surface area contributed by atoms with Gasteiger partial charge in [0.2, 0.25) is 5.95 Å². The van der Waals surface area contributed by atoms with E-state index in [9.17, 15) is 8.78 Å². The van der Waals surface area contributed by atoms with E-state index in [4.69, 9.17) is 4.74 Å². The van der Waals surface area contributed by atoms with Crippen LogP contribution in [0.3, 0.4) is 0 Å². The number of aromatic nitrogens is 4. The third-order valence-electron chi connectivity index (χ3n) is 4.64. The van der Waals surface area contributed by atoms with Gasteiger partial charge < -0.3 is 9.64 Å². The zero-order chi connectivity index (χ0) is 16.0. The Hall–Kier alpha value is -1.31. The van der Waals surface area contributed by atoms with Crippen molar-refractivity contribution in [2.75, 3.05) is 31.2 Å². The molecular formula is C14H23F2N5O. The van der Waals surface area contributed by atoms with Crippen LogP contribution in [-0.4, -0.2) is 52.4 Å². The van der Waals surface area contributed by atoms with Gasteiger partial charge in [-0.25, -0.2) is 13.5 Å². The lowest BCUT2D eigenvalue weighted by atomic mass is 9.95. The fourth-order valence-corrected chi connectivity index (χ4v) is 3.22. The SMILES string of the molecule is CCOCC(C)(C)Cn1nnnc1N1CCC2(C1)CC2(F)F. The van der Waals surface area contributed by atoms with Crippen LogP contribution in [0, 0.1) is 10.8 Å². The van der Waals surface area contributed by atoms with Gasteiger partial charge in [-0.05, 0) is 23.8 Å². The van der Waals surface area contributed by atoms with Crippen LogP contribution >= 0.6 is 0 Å². The van der Waals surface area contributed by atoms with Crippen molar-refractivity contribution in [2.45, 2.75) is 46.1 Å². The number of hydrogen-bond donors (Lipinski definition) is 0. The number of hydrogen-bond acceptors (Lipinski definition) is 5. The molecule has 1 aliphatic carbocycles. The minimum absolute atomic E-state index is 0.00605. The van der Waals surface area contributed by atoms with Crippen molar-refractivity contribution >= 4 is 5.95 Å². The summed E-state index contributed by atoms with van der Waals surface area (Å²) in [6, 6.07) is 0. The molecule has 8 heteroatoms. The van der Waals surface area contributed by atoms with E-state index < -0.39 is 11.3 Å². The molecular weight excluding hydrogens is 292 g/mol. The lowest BCUT2D eigenvalue weighted by Crippen LogP contribution is -2.30. The fourth-order valence-electron chi connectivity index (χ4n) is 3.22. The Bertz CT molecular complexity index is 547. The molecule has 124 valence electrons. The topological polar surface area (TPSA) is 56.1 Å². The molecule has 1 spiro atoms. The minimum atomic E-state index is -2.52. The highest BCUT2D eigenvalue weighted by Gasteiger charge is 2.72. The fraction of sp³-hybridized carbons (Fsp3) is 0.929. The van der Waals surface area contributed by atoms with E-state index in [2.05, 4.69) is 29.4 Å². The molecule has 1 aromatic rings. The summed E-state index contributed by atoms with van der Waals surface area (Å²) in [5.41, 5.74) is -0.967. The second-order valence-electron chi connectivity index (χ2n) is 7.27. The van der Waals surface area contributed by atoms with E-state index in [-0.39, 0.29) is 11.8 Å². The van der Waals surface area contributed by atoms with E-state index in [0.717, 1.165) is 0 Å². The number of ether oxygens (including phenoxy) is 1. The van der Waals surface area contributed by atoms with Crippen LogP contribution in [0.1, 0.15) is 33.6 Å². The first-order valence-electron chi connectivity index (χ1n) is 7.75. The molecule has 1 aromatic heterocycles. The summed E-state index contributed by atoms with van der Waals surface area (Å²) in [5.74, 6) is -1.93. The van der Waals surface area contributed by atoms with Gasteiger partial charge in [0.05, 0.1) is 18.6 Å². The monoisotopic (exact) mass is 315 g/mol. The second kappa shape index (κ2) is 5.11. The molecule has 1 atom stereocenters. The maximum absolute atomic E-state index is 13.5. The highest BCUT2D eigenvalue weighted by atomic mass is 19.3. The molecule has 2 aliphatic rings. The van der Waals surface area contributed by atoms with Gasteiger partial charge in [0, 0.05) is 31.5 Å². The number of halogens is 2. The van der Waals surface area contributed by atoms with Gasteiger partial charge in [0.15, 0.2) is 0 Å². The number of rotatable bonds is 6. The second-order valence-corrected chi connectivity index (χ2v) is 7.27. The lowest BCUT2D eigenvalue weighted by molar-refractivity contribution is 0.0588. The number of tetrazole rings is 1. The van der Waals surface area contributed by atoms with Crippen LogP contribution in [-0.2, 0) is 11.3 Å². The quantitative estimate of drug-likeness (QED) is 0.803. The van der Waals surface area contributed by atoms with E-state index in [1.54, 1.807) is 4.68 Å². The molecule has 0 radical (unpaired) electrons. The Morgan fingerprint density at radius 2 is 2.09 bits per heavy atom. The van der Waals surface area contributed by atoms with Gasteiger partial charge in [-0.2, -0.15) is 0 Å². The number of nitrogens with zero attached hydrogens (tertiary/aromatic N) is 5. The van der Waals surface area contributed by atoms with E-state index in [1.165, 1.54) is 0 Å². The van der Waals surface area contributed by atoms with Crippen molar-refractivity contribution in [3.05, 3.63) is 0 Å². The Morgan fingerprint density at radius 3 is 2.68 bits per heavy atom.